The van der Waals surface area contributed by atoms with E-state index in [4.69, 9.17) is 9.47 Å². The number of amides is 2. The molecule has 0 aromatic heterocycles. The average Bonchev–Trinajstić information content (AvgIpc) is 2.94. The first kappa shape index (κ1) is 23.6. The van der Waals surface area contributed by atoms with Crippen molar-refractivity contribution in [3.05, 3.63) is 11.1 Å². The second-order valence-electron chi connectivity index (χ2n) is 9.38. The molecule has 8 heteroatoms. The molecule has 0 bridgehead atoms. The molecule has 0 aromatic rings. The zero-order chi connectivity index (χ0) is 22.6. The lowest BCUT2D eigenvalue weighted by Crippen LogP contribution is -2.50. The Morgan fingerprint density at radius 1 is 1.19 bits per heavy atom. The van der Waals surface area contributed by atoms with Crippen molar-refractivity contribution in [2.24, 2.45) is 11.8 Å². The second kappa shape index (κ2) is 10.0. The molecule has 0 aromatic carbocycles. The van der Waals surface area contributed by atoms with Crippen LogP contribution < -0.4 is 5.32 Å². The predicted octanol–water partition coefficient (Wildman–Crippen LogP) is 2.34. The number of nitrogens with zero attached hydrogens (tertiary/aromatic N) is 2. The van der Waals surface area contributed by atoms with Gasteiger partial charge in [-0.3, -0.25) is 4.79 Å². The molecular weight excluding hydrogens is 398 g/mol. The summed E-state index contributed by atoms with van der Waals surface area (Å²) in [5.74, 6) is 0.764. The van der Waals surface area contributed by atoms with Crippen molar-refractivity contribution in [3.63, 3.8) is 0 Å². The van der Waals surface area contributed by atoms with Crippen LogP contribution >= 0.6 is 0 Å². The SMILES string of the molecule is CCOC(=O)N1CCC2(CC1)OC(=O)C(C)=C2C(=O)NCCCN1C[C@H](C)C[C@@H](C)C1. The molecule has 3 aliphatic heterocycles. The number of piperidine rings is 2. The average molecular weight is 436 g/mol. The summed E-state index contributed by atoms with van der Waals surface area (Å²) in [7, 11) is 0. The Kier molecular flexibility index (Phi) is 7.62. The van der Waals surface area contributed by atoms with E-state index in [0.717, 1.165) is 26.1 Å². The molecule has 31 heavy (non-hydrogen) atoms. The Bertz CT molecular complexity index is 717. The topological polar surface area (TPSA) is 88.2 Å². The molecule has 2 saturated heterocycles. The van der Waals surface area contributed by atoms with E-state index >= 15 is 0 Å². The number of ether oxygens (including phenoxy) is 2. The van der Waals surface area contributed by atoms with Crippen LogP contribution in [0.3, 0.4) is 0 Å². The molecule has 3 heterocycles. The normalized spacial score (nSPS) is 26.2. The Morgan fingerprint density at radius 2 is 1.84 bits per heavy atom. The molecule has 174 valence electrons. The number of esters is 1. The van der Waals surface area contributed by atoms with Gasteiger partial charge in [0.1, 0.15) is 5.60 Å². The highest BCUT2D eigenvalue weighted by molar-refractivity contribution is 6.07. The fourth-order valence-electron chi connectivity index (χ4n) is 5.31. The van der Waals surface area contributed by atoms with Crippen molar-refractivity contribution < 1.29 is 23.9 Å². The first-order valence-electron chi connectivity index (χ1n) is 11.6. The first-order chi connectivity index (χ1) is 14.8. The van der Waals surface area contributed by atoms with E-state index in [1.165, 1.54) is 6.42 Å². The Balaban J connectivity index is 1.54. The molecule has 3 aliphatic rings. The molecule has 0 unspecified atom stereocenters. The van der Waals surface area contributed by atoms with E-state index in [-0.39, 0.29) is 12.0 Å². The van der Waals surface area contributed by atoms with Gasteiger partial charge < -0.3 is 24.6 Å². The number of hydrogen-bond donors (Lipinski definition) is 1. The third kappa shape index (κ3) is 5.40. The van der Waals surface area contributed by atoms with Gasteiger partial charge in [-0.25, -0.2) is 9.59 Å². The minimum atomic E-state index is -0.939. The van der Waals surface area contributed by atoms with Gasteiger partial charge in [-0.15, -0.1) is 0 Å². The molecule has 1 spiro atoms. The van der Waals surface area contributed by atoms with Crippen molar-refractivity contribution in [1.29, 1.82) is 0 Å². The zero-order valence-electron chi connectivity index (χ0n) is 19.4. The second-order valence-corrected chi connectivity index (χ2v) is 9.38. The van der Waals surface area contributed by atoms with Crippen LogP contribution in [0.15, 0.2) is 11.1 Å². The van der Waals surface area contributed by atoms with Crippen molar-refractivity contribution >= 4 is 18.0 Å². The third-order valence-corrected chi connectivity index (χ3v) is 6.63. The Morgan fingerprint density at radius 3 is 2.45 bits per heavy atom. The first-order valence-corrected chi connectivity index (χ1v) is 11.6. The summed E-state index contributed by atoms with van der Waals surface area (Å²) in [5.41, 5.74) is -0.131. The maximum Gasteiger partial charge on any atom is 0.409 e. The minimum Gasteiger partial charge on any atom is -0.450 e. The smallest absolute Gasteiger partial charge is 0.409 e. The molecule has 2 amide bonds. The van der Waals surface area contributed by atoms with Gasteiger partial charge in [-0.2, -0.15) is 0 Å². The standard InChI is InChI=1S/C23H37N3O5/c1-5-30-22(29)26-11-7-23(8-12-26)19(18(4)21(28)31-23)20(27)24-9-6-10-25-14-16(2)13-17(3)15-25/h16-17H,5-15H2,1-4H3,(H,24,27)/t16-,17-/m1/s1. The van der Waals surface area contributed by atoms with Crippen molar-refractivity contribution in [2.45, 2.75) is 59.0 Å². The van der Waals surface area contributed by atoms with Crippen LogP contribution in [-0.4, -0.2) is 79.2 Å². The number of hydrogen-bond acceptors (Lipinski definition) is 6. The van der Waals surface area contributed by atoms with Crippen LogP contribution in [0.2, 0.25) is 0 Å². The quantitative estimate of drug-likeness (QED) is 0.509. The third-order valence-electron chi connectivity index (χ3n) is 6.63. The summed E-state index contributed by atoms with van der Waals surface area (Å²) in [4.78, 5) is 41.4. The van der Waals surface area contributed by atoms with Crippen LogP contribution in [0.1, 0.15) is 53.4 Å². The van der Waals surface area contributed by atoms with Crippen molar-refractivity contribution in [1.82, 2.24) is 15.1 Å². The molecule has 2 atom stereocenters. The highest BCUT2D eigenvalue weighted by Crippen LogP contribution is 2.41. The predicted molar refractivity (Wildman–Crippen MR) is 116 cm³/mol. The van der Waals surface area contributed by atoms with Gasteiger partial charge in [0.2, 0.25) is 0 Å². The van der Waals surface area contributed by atoms with Gasteiger partial charge >= 0.3 is 12.1 Å². The summed E-state index contributed by atoms with van der Waals surface area (Å²) in [5, 5.41) is 3.00. The number of carbonyl (C=O) groups excluding carboxylic acids is 3. The maximum atomic E-state index is 13.0. The molecule has 8 nitrogen and oxygen atoms in total. The van der Waals surface area contributed by atoms with Gasteiger partial charge in [0.05, 0.1) is 12.2 Å². The van der Waals surface area contributed by atoms with E-state index in [1.807, 2.05) is 0 Å². The molecule has 0 radical (unpaired) electrons. The van der Waals surface area contributed by atoms with Gasteiger partial charge in [0.15, 0.2) is 0 Å². The summed E-state index contributed by atoms with van der Waals surface area (Å²) < 4.78 is 10.7. The van der Waals surface area contributed by atoms with Gasteiger partial charge in [-0.05, 0) is 45.1 Å². The fraction of sp³-hybridized carbons (Fsp3) is 0.783. The summed E-state index contributed by atoms with van der Waals surface area (Å²) >= 11 is 0. The van der Waals surface area contributed by atoms with E-state index in [2.05, 4.69) is 24.1 Å². The zero-order valence-corrected chi connectivity index (χ0v) is 19.4. The van der Waals surface area contributed by atoms with Gasteiger partial charge in [0, 0.05) is 51.1 Å². The molecule has 3 rings (SSSR count). The lowest BCUT2D eigenvalue weighted by molar-refractivity contribution is -0.150. The number of nitrogens with one attached hydrogen (secondary N) is 1. The van der Waals surface area contributed by atoms with Gasteiger partial charge in [-0.1, -0.05) is 13.8 Å². The van der Waals surface area contributed by atoms with Crippen molar-refractivity contribution in [2.75, 3.05) is 45.9 Å². The number of rotatable bonds is 6. The highest BCUT2D eigenvalue weighted by atomic mass is 16.6. The summed E-state index contributed by atoms with van der Waals surface area (Å²) in [6.45, 7) is 12.9. The monoisotopic (exact) mass is 435 g/mol. The number of likely N-dealkylation sites (tertiary alicyclic amines) is 2. The Hall–Kier alpha value is -2.09. The van der Waals surface area contributed by atoms with Crippen LogP contribution in [-0.2, 0) is 19.1 Å². The number of carbonyl (C=O) groups is 3. The van der Waals surface area contributed by atoms with Crippen LogP contribution in [0.25, 0.3) is 0 Å². The molecular formula is C23H37N3O5. The largest absolute Gasteiger partial charge is 0.450 e. The lowest BCUT2D eigenvalue weighted by atomic mass is 9.83. The fourth-order valence-corrected chi connectivity index (χ4v) is 5.31. The van der Waals surface area contributed by atoms with E-state index in [1.54, 1.807) is 18.7 Å². The molecule has 2 fully saturated rings. The van der Waals surface area contributed by atoms with Crippen molar-refractivity contribution in [3.8, 4) is 0 Å². The highest BCUT2D eigenvalue weighted by Gasteiger charge is 2.51. The molecule has 0 aliphatic carbocycles. The van der Waals surface area contributed by atoms with E-state index < -0.39 is 11.6 Å². The molecule has 0 saturated carbocycles. The van der Waals surface area contributed by atoms with E-state index in [9.17, 15) is 14.4 Å². The maximum absolute atomic E-state index is 13.0. The van der Waals surface area contributed by atoms with Crippen LogP contribution in [0.4, 0.5) is 4.79 Å². The summed E-state index contributed by atoms with van der Waals surface area (Å²) in [6.07, 6.45) is 2.60. The Labute approximate surface area is 185 Å². The van der Waals surface area contributed by atoms with Gasteiger partial charge in [0.25, 0.3) is 5.91 Å². The van der Waals surface area contributed by atoms with Crippen LogP contribution in [0, 0.1) is 11.8 Å². The van der Waals surface area contributed by atoms with E-state index in [0.29, 0.717) is 62.1 Å². The molecule has 1 N–H and O–H groups in total. The van der Waals surface area contributed by atoms with Crippen LogP contribution in [0.5, 0.6) is 0 Å². The lowest BCUT2D eigenvalue weighted by Gasteiger charge is -2.38. The summed E-state index contributed by atoms with van der Waals surface area (Å²) in [6, 6.07) is 0. The minimum absolute atomic E-state index is 0.228.